The lowest BCUT2D eigenvalue weighted by atomic mass is 9.98. The van der Waals surface area contributed by atoms with Crippen LogP contribution in [0.1, 0.15) is 23.7 Å². The van der Waals surface area contributed by atoms with Gasteiger partial charge in [0, 0.05) is 18.2 Å². The van der Waals surface area contributed by atoms with E-state index in [1.54, 1.807) is 6.26 Å². The molecule has 1 unspecified atom stereocenters. The van der Waals surface area contributed by atoms with Crippen LogP contribution in [-0.4, -0.2) is 13.1 Å². The van der Waals surface area contributed by atoms with Gasteiger partial charge in [0.05, 0.1) is 12.8 Å². The van der Waals surface area contributed by atoms with Gasteiger partial charge in [0.2, 0.25) is 0 Å². The van der Waals surface area contributed by atoms with Crippen LogP contribution in [0.4, 0.5) is 5.69 Å². The highest BCUT2D eigenvalue weighted by Gasteiger charge is 2.20. The molecular weight excluding hydrogens is 224 g/mol. The second-order valence-corrected chi connectivity index (χ2v) is 4.71. The van der Waals surface area contributed by atoms with Crippen molar-refractivity contribution >= 4 is 5.69 Å². The second-order valence-electron chi connectivity index (χ2n) is 4.71. The molecular formula is C15H18N2O. The van der Waals surface area contributed by atoms with E-state index in [1.807, 2.05) is 12.1 Å². The number of anilines is 1. The largest absolute Gasteiger partial charge is 0.468 e. The fourth-order valence-electron chi connectivity index (χ4n) is 2.52. The maximum atomic E-state index is 5.29. The summed E-state index contributed by atoms with van der Waals surface area (Å²) in [5.41, 5.74) is 2.76. The van der Waals surface area contributed by atoms with Crippen molar-refractivity contribution < 1.29 is 4.42 Å². The van der Waals surface area contributed by atoms with Crippen molar-refractivity contribution in [1.82, 2.24) is 5.32 Å². The van der Waals surface area contributed by atoms with Crippen LogP contribution in [0, 0.1) is 0 Å². The smallest absolute Gasteiger partial charge is 0.117 e. The Morgan fingerprint density at radius 3 is 3.06 bits per heavy atom. The summed E-state index contributed by atoms with van der Waals surface area (Å²) >= 11 is 0. The van der Waals surface area contributed by atoms with Gasteiger partial charge in [0.1, 0.15) is 5.76 Å². The Bertz CT molecular complexity index is 493. The lowest BCUT2D eigenvalue weighted by molar-refractivity contribution is 0.476. The Kier molecular flexibility index (Phi) is 3.33. The second kappa shape index (κ2) is 5.27. The molecule has 1 aliphatic rings. The highest BCUT2D eigenvalue weighted by molar-refractivity contribution is 5.57. The molecule has 1 atom stereocenters. The monoisotopic (exact) mass is 242 g/mol. The average Bonchev–Trinajstić information content (AvgIpc) is 3.04. The summed E-state index contributed by atoms with van der Waals surface area (Å²) in [5.74, 6) is 1.63. The van der Waals surface area contributed by atoms with Gasteiger partial charge in [-0.25, -0.2) is 0 Å². The van der Waals surface area contributed by atoms with Crippen molar-refractivity contribution in [3.05, 3.63) is 54.0 Å². The Labute approximate surface area is 107 Å². The van der Waals surface area contributed by atoms with E-state index in [0.717, 1.165) is 31.8 Å². The van der Waals surface area contributed by atoms with E-state index >= 15 is 0 Å². The first kappa shape index (κ1) is 11.4. The van der Waals surface area contributed by atoms with Gasteiger partial charge in [-0.1, -0.05) is 18.2 Å². The lowest BCUT2D eigenvalue weighted by Crippen LogP contribution is -2.17. The molecule has 0 radical (unpaired) electrons. The zero-order chi connectivity index (χ0) is 12.2. The Balaban J connectivity index is 1.47. The number of hydrogen-bond acceptors (Lipinski definition) is 3. The molecule has 1 aromatic heterocycles. The molecule has 0 spiro atoms. The summed E-state index contributed by atoms with van der Waals surface area (Å²) in [6.45, 7) is 2.89. The van der Waals surface area contributed by atoms with Crippen LogP contribution in [0.15, 0.2) is 47.1 Å². The van der Waals surface area contributed by atoms with Crippen LogP contribution in [0.25, 0.3) is 0 Å². The lowest BCUT2D eigenvalue weighted by Gasteiger charge is -2.10. The van der Waals surface area contributed by atoms with Crippen molar-refractivity contribution in [2.45, 2.75) is 18.9 Å². The van der Waals surface area contributed by atoms with E-state index in [2.05, 4.69) is 34.9 Å². The fourth-order valence-corrected chi connectivity index (χ4v) is 2.52. The van der Waals surface area contributed by atoms with Crippen LogP contribution in [0.2, 0.25) is 0 Å². The maximum Gasteiger partial charge on any atom is 0.117 e. The van der Waals surface area contributed by atoms with E-state index in [4.69, 9.17) is 4.42 Å². The van der Waals surface area contributed by atoms with Gasteiger partial charge in [0.15, 0.2) is 0 Å². The van der Waals surface area contributed by atoms with Gasteiger partial charge in [-0.15, -0.1) is 0 Å². The minimum absolute atomic E-state index is 0.630. The first-order valence-corrected chi connectivity index (χ1v) is 6.49. The Morgan fingerprint density at radius 1 is 1.22 bits per heavy atom. The molecule has 0 bridgehead atoms. The van der Waals surface area contributed by atoms with Crippen molar-refractivity contribution in [3.8, 4) is 0 Å². The summed E-state index contributed by atoms with van der Waals surface area (Å²) in [6.07, 6.45) is 2.87. The fraction of sp³-hybridized carbons (Fsp3) is 0.333. The molecule has 3 nitrogen and oxygen atoms in total. The van der Waals surface area contributed by atoms with Crippen LogP contribution in [0.3, 0.4) is 0 Å². The zero-order valence-corrected chi connectivity index (χ0v) is 10.4. The minimum atomic E-state index is 0.630. The Morgan fingerprint density at radius 2 is 2.17 bits per heavy atom. The average molecular weight is 242 g/mol. The number of fused-ring (bicyclic) bond motifs is 1. The number of para-hydroxylation sites is 1. The van der Waals surface area contributed by atoms with Crippen molar-refractivity contribution in [1.29, 1.82) is 0 Å². The summed E-state index contributed by atoms with van der Waals surface area (Å²) in [4.78, 5) is 0. The molecule has 0 fully saturated rings. The number of furan rings is 1. The molecule has 0 saturated heterocycles. The van der Waals surface area contributed by atoms with Crippen molar-refractivity contribution in [2.75, 3.05) is 18.4 Å². The van der Waals surface area contributed by atoms with E-state index in [-0.39, 0.29) is 0 Å². The van der Waals surface area contributed by atoms with Crippen LogP contribution >= 0.6 is 0 Å². The molecule has 1 aromatic carbocycles. The normalized spacial score (nSPS) is 17.4. The van der Waals surface area contributed by atoms with Crippen LogP contribution in [0.5, 0.6) is 0 Å². The van der Waals surface area contributed by atoms with E-state index in [1.165, 1.54) is 11.3 Å². The maximum absolute atomic E-state index is 5.29. The summed E-state index contributed by atoms with van der Waals surface area (Å²) < 4.78 is 5.29. The van der Waals surface area contributed by atoms with E-state index in [0.29, 0.717) is 5.92 Å². The molecule has 3 rings (SSSR count). The standard InChI is InChI=1S/C15H18N2O/c1-2-6-15-14(5-1)12(10-17-15)7-8-16-11-13-4-3-9-18-13/h1-6,9,12,16-17H,7-8,10-11H2. The summed E-state index contributed by atoms with van der Waals surface area (Å²) in [6, 6.07) is 12.5. The molecule has 18 heavy (non-hydrogen) atoms. The first-order valence-electron chi connectivity index (χ1n) is 6.49. The molecule has 0 aliphatic carbocycles. The van der Waals surface area contributed by atoms with Crippen molar-refractivity contribution in [3.63, 3.8) is 0 Å². The quantitative estimate of drug-likeness (QED) is 0.791. The summed E-state index contributed by atoms with van der Waals surface area (Å²) in [5, 5.41) is 6.88. The first-order chi connectivity index (χ1) is 8.93. The van der Waals surface area contributed by atoms with E-state index in [9.17, 15) is 0 Å². The Hall–Kier alpha value is -1.74. The molecule has 3 heteroatoms. The topological polar surface area (TPSA) is 37.2 Å². The van der Waals surface area contributed by atoms with Gasteiger partial charge in [-0.2, -0.15) is 0 Å². The number of benzene rings is 1. The van der Waals surface area contributed by atoms with Gasteiger partial charge < -0.3 is 15.1 Å². The number of rotatable bonds is 5. The third-order valence-electron chi connectivity index (χ3n) is 3.49. The number of nitrogens with one attached hydrogen (secondary N) is 2. The van der Waals surface area contributed by atoms with Gasteiger partial charge in [-0.05, 0) is 36.7 Å². The third-order valence-corrected chi connectivity index (χ3v) is 3.49. The van der Waals surface area contributed by atoms with Crippen molar-refractivity contribution in [2.24, 2.45) is 0 Å². The summed E-state index contributed by atoms with van der Waals surface area (Å²) in [7, 11) is 0. The van der Waals surface area contributed by atoms with Crippen LogP contribution in [-0.2, 0) is 6.54 Å². The molecule has 94 valence electrons. The third kappa shape index (κ3) is 2.41. The SMILES string of the molecule is c1coc(CNCCC2CNc3ccccc32)c1. The van der Waals surface area contributed by atoms with Gasteiger partial charge in [0.25, 0.3) is 0 Å². The molecule has 1 aliphatic heterocycles. The predicted molar refractivity (Wildman–Crippen MR) is 72.7 cm³/mol. The van der Waals surface area contributed by atoms with Crippen LogP contribution < -0.4 is 10.6 Å². The van der Waals surface area contributed by atoms with Gasteiger partial charge >= 0.3 is 0 Å². The predicted octanol–water partition coefficient (Wildman–Crippen LogP) is 2.97. The molecule has 0 amide bonds. The van der Waals surface area contributed by atoms with Gasteiger partial charge in [-0.3, -0.25) is 0 Å². The highest BCUT2D eigenvalue weighted by Crippen LogP contribution is 2.32. The highest BCUT2D eigenvalue weighted by atomic mass is 16.3. The molecule has 2 heterocycles. The minimum Gasteiger partial charge on any atom is -0.468 e. The zero-order valence-electron chi connectivity index (χ0n) is 10.4. The molecule has 2 aromatic rings. The molecule has 0 saturated carbocycles. The molecule has 2 N–H and O–H groups in total. The van der Waals surface area contributed by atoms with E-state index < -0.39 is 0 Å². The number of hydrogen-bond donors (Lipinski definition) is 2.